The lowest BCUT2D eigenvalue weighted by Gasteiger charge is -2.19. The van der Waals surface area contributed by atoms with Crippen LogP contribution < -0.4 is 0 Å². The van der Waals surface area contributed by atoms with E-state index in [9.17, 15) is 4.79 Å². The van der Waals surface area contributed by atoms with Gasteiger partial charge in [0.15, 0.2) is 0 Å². The van der Waals surface area contributed by atoms with E-state index in [-0.39, 0.29) is 11.2 Å². The first-order valence-corrected chi connectivity index (χ1v) is 6.91. The number of carbonyl (C=O) groups is 1. The zero-order valence-electron chi connectivity index (χ0n) is 7.95. The quantitative estimate of drug-likeness (QED) is 0.537. The van der Waals surface area contributed by atoms with Crippen molar-refractivity contribution < 1.29 is 9.53 Å². The molecule has 0 saturated carbocycles. The molecular weight excluding hydrogens is 204 g/mol. The minimum Gasteiger partial charge on any atom is -0.465 e. The van der Waals surface area contributed by atoms with E-state index < -0.39 is 0 Å². The number of hydrogen-bond acceptors (Lipinski definition) is 4. The molecule has 13 heavy (non-hydrogen) atoms. The number of rotatable bonds is 4. The lowest BCUT2D eigenvalue weighted by atomic mass is 10.3. The molecule has 0 aromatic heterocycles. The minimum absolute atomic E-state index is 0.00116. The number of thioether (sulfide) groups is 2. The Morgan fingerprint density at radius 1 is 1.62 bits per heavy atom. The topological polar surface area (TPSA) is 26.3 Å². The highest BCUT2D eigenvalue weighted by Gasteiger charge is 2.22. The third kappa shape index (κ3) is 4.27. The van der Waals surface area contributed by atoms with Crippen LogP contribution in [0.15, 0.2) is 0 Å². The molecule has 1 aliphatic rings. The Bertz CT molecular complexity index is 156. The average molecular weight is 220 g/mol. The van der Waals surface area contributed by atoms with Gasteiger partial charge in [-0.2, -0.15) is 11.8 Å². The van der Waals surface area contributed by atoms with Crippen LogP contribution in [0.1, 0.15) is 26.2 Å². The zero-order chi connectivity index (χ0) is 9.52. The smallest absolute Gasteiger partial charge is 0.319 e. The summed E-state index contributed by atoms with van der Waals surface area (Å²) in [6.07, 6.45) is 3.04. The molecule has 76 valence electrons. The van der Waals surface area contributed by atoms with Gasteiger partial charge in [-0.1, -0.05) is 13.3 Å². The van der Waals surface area contributed by atoms with Crippen molar-refractivity contribution in [3.05, 3.63) is 0 Å². The second-order valence-corrected chi connectivity index (χ2v) is 5.65. The van der Waals surface area contributed by atoms with Crippen LogP contribution in [-0.2, 0) is 9.53 Å². The van der Waals surface area contributed by atoms with Crippen molar-refractivity contribution in [1.82, 2.24) is 0 Å². The fraction of sp³-hybridized carbons (Fsp3) is 0.889. The Morgan fingerprint density at radius 3 is 3.08 bits per heavy atom. The molecule has 0 spiro atoms. The van der Waals surface area contributed by atoms with E-state index >= 15 is 0 Å². The number of unbranched alkanes of at least 4 members (excludes halogenated alkanes) is 1. The summed E-state index contributed by atoms with van der Waals surface area (Å²) in [5.74, 6) is 1.10. The van der Waals surface area contributed by atoms with Crippen molar-refractivity contribution in [3.8, 4) is 0 Å². The molecule has 1 heterocycles. The Balaban J connectivity index is 2.13. The second-order valence-electron chi connectivity index (χ2n) is 2.99. The van der Waals surface area contributed by atoms with E-state index in [1.807, 2.05) is 11.8 Å². The molecule has 0 aromatic rings. The van der Waals surface area contributed by atoms with Gasteiger partial charge in [0.25, 0.3) is 0 Å². The molecule has 0 aromatic carbocycles. The van der Waals surface area contributed by atoms with Crippen LogP contribution in [0, 0.1) is 0 Å². The maximum Gasteiger partial charge on any atom is 0.319 e. The molecule has 2 nitrogen and oxygen atoms in total. The van der Waals surface area contributed by atoms with Gasteiger partial charge in [-0.25, -0.2) is 0 Å². The van der Waals surface area contributed by atoms with Crippen LogP contribution in [0.25, 0.3) is 0 Å². The van der Waals surface area contributed by atoms with Crippen LogP contribution in [0.3, 0.4) is 0 Å². The number of hydrogen-bond donors (Lipinski definition) is 0. The molecular formula is C9H16O2S2. The third-order valence-electron chi connectivity index (χ3n) is 1.88. The monoisotopic (exact) mass is 220 g/mol. The summed E-state index contributed by atoms with van der Waals surface area (Å²) < 4.78 is 5.15. The first-order chi connectivity index (χ1) is 6.34. The Kier molecular flexibility index (Phi) is 5.71. The van der Waals surface area contributed by atoms with Crippen molar-refractivity contribution in [1.29, 1.82) is 0 Å². The lowest BCUT2D eigenvalue weighted by molar-refractivity contribution is -0.143. The minimum atomic E-state index is -0.00116. The first-order valence-electron chi connectivity index (χ1n) is 4.70. The Morgan fingerprint density at radius 2 is 2.46 bits per heavy atom. The van der Waals surface area contributed by atoms with Gasteiger partial charge in [0.2, 0.25) is 0 Å². The molecule has 0 amide bonds. The summed E-state index contributed by atoms with van der Waals surface area (Å²) in [5, 5.41) is 1.14. The lowest BCUT2D eigenvalue weighted by Crippen LogP contribution is -2.23. The van der Waals surface area contributed by atoms with Crippen molar-refractivity contribution in [2.45, 2.75) is 31.4 Å². The molecule has 0 aliphatic carbocycles. The van der Waals surface area contributed by atoms with Gasteiger partial charge in [-0.3, -0.25) is 4.79 Å². The zero-order valence-corrected chi connectivity index (χ0v) is 9.59. The molecule has 1 aliphatic heterocycles. The van der Waals surface area contributed by atoms with Gasteiger partial charge in [-0.15, -0.1) is 11.8 Å². The predicted molar refractivity (Wildman–Crippen MR) is 59.2 cm³/mol. The fourth-order valence-electron chi connectivity index (χ4n) is 1.06. The van der Waals surface area contributed by atoms with E-state index in [1.165, 1.54) is 0 Å². The highest BCUT2D eigenvalue weighted by molar-refractivity contribution is 8.17. The molecule has 1 unspecified atom stereocenters. The van der Waals surface area contributed by atoms with Crippen molar-refractivity contribution in [2.24, 2.45) is 0 Å². The highest BCUT2D eigenvalue weighted by Crippen LogP contribution is 2.28. The molecule has 1 saturated heterocycles. The largest absolute Gasteiger partial charge is 0.465 e. The normalized spacial score (nSPS) is 22.7. The SMILES string of the molecule is CCCCOC(=O)C1CCSCS1. The first kappa shape index (κ1) is 11.2. The summed E-state index contributed by atoms with van der Waals surface area (Å²) in [7, 11) is 0. The summed E-state index contributed by atoms with van der Waals surface area (Å²) in [6, 6.07) is 0. The average Bonchev–Trinajstić information content (AvgIpc) is 2.19. The van der Waals surface area contributed by atoms with Gasteiger partial charge in [0.05, 0.1) is 6.61 Å². The van der Waals surface area contributed by atoms with Crippen LogP contribution in [0.2, 0.25) is 0 Å². The van der Waals surface area contributed by atoms with E-state index in [1.54, 1.807) is 11.8 Å². The van der Waals surface area contributed by atoms with Crippen molar-refractivity contribution >= 4 is 29.5 Å². The van der Waals surface area contributed by atoms with Gasteiger partial charge >= 0.3 is 5.97 Å². The van der Waals surface area contributed by atoms with Gasteiger partial charge in [0.1, 0.15) is 5.25 Å². The standard InChI is InChI=1S/C9H16O2S2/c1-2-3-5-11-9(10)8-4-6-12-7-13-8/h8H,2-7H2,1H3. The second kappa shape index (κ2) is 6.60. The van der Waals surface area contributed by atoms with Gasteiger partial charge < -0.3 is 4.74 Å². The van der Waals surface area contributed by atoms with E-state index in [0.29, 0.717) is 6.61 Å². The highest BCUT2D eigenvalue weighted by atomic mass is 32.2. The molecule has 0 bridgehead atoms. The molecule has 4 heteroatoms. The predicted octanol–water partition coefficient (Wildman–Crippen LogP) is 2.53. The van der Waals surface area contributed by atoms with Crippen LogP contribution in [0.5, 0.6) is 0 Å². The van der Waals surface area contributed by atoms with Crippen molar-refractivity contribution in [3.63, 3.8) is 0 Å². The molecule has 0 radical (unpaired) electrons. The van der Waals surface area contributed by atoms with Gasteiger partial charge in [-0.05, 0) is 18.6 Å². The third-order valence-corrected chi connectivity index (χ3v) is 4.45. The maximum atomic E-state index is 11.4. The van der Waals surface area contributed by atoms with Crippen LogP contribution >= 0.6 is 23.5 Å². The summed E-state index contributed by atoms with van der Waals surface area (Å²) >= 11 is 3.62. The number of ether oxygens (including phenoxy) is 1. The van der Waals surface area contributed by atoms with Crippen molar-refractivity contribution in [2.75, 3.05) is 17.4 Å². The maximum absolute atomic E-state index is 11.4. The Hall–Kier alpha value is 0.170. The van der Waals surface area contributed by atoms with E-state index in [0.717, 1.165) is 30.1 Å². The fourth-order valence-corrected chi connectivity index (χ4v) is 3.61. The Labute approximate surface area is 88.2 Å². The molecule has 0 N–H and O–H groups in total. The summed E-state index contributed by atoms with van der Waals surface area (Å²) in [4.78, 5) is 11.4. The van der Waals surface area contributed by atoms with Crippen LogP contribution in [-0.4, -0.2) is 28.7 Å². The summed E-state index contributed by atoms with van der Waals surface area (Å²) in [5.41, 5.74) is 0. The summed E-state index contributed by atoms with van der Waals surface area (Å²) in [6.45, 7) is 2.69. The molecule has 1 rings (SSSR count). The van der Waals surface area contributed by atoms with E-state index in [2.05, 4.69) is 6.92 Å². The number of esters is 1. The van der Waals surface area contributed by atoms with Crippen LogP contribution in [0.4, 0.5) is 0 Å². The molecule has 1 atom stereocenters. The molecule has 1 fully saturated rings. The van der Waals surface area contributed by atoms with Gasteiger partial charge in [0, 0.05) is 5.08 Å². The van der Waals surface area contributed by atoms with E-state index in [4.69, 9.17) is 4.74 Å². The number of carbonyl (C=O) groups excluding carboxylic acids is 1.